The van der Waals surface area contributed by atoms with Gasteiger partial charge in [0.05, 0.1) is 24.9 Å². The summed E-state index contributed by atoms with van der Waals surface area (Å²) in [6.07, 6.45) is 1.62. The van der Waals surface area contributed by atoms with E-state index < -0.39 is 0 Å². The van der Waals surface area contributed by atoms with Gasteiger partial charge in [0.1, 0.15) is 6.61 Å². The van der Waals surface area contributed by atoms with Crippen LogP contribution >= 0.6 is 46.4 Å². The summed E-state index contributed by atoms with van der Waals surface area (Å²) in [7, 11) is 1.55. The lowest BCUT2D eigenvalue weighted by atomic mass is 10.2. The van der Waals surface area contributed by atoms with Gasteiger partial charge in [0.25, 0.3) is 0 Å². The maximum atomic E-state index is 6.41. The topological polar surface area (TPSA) is 42.8 Å². The first-order valence-electron chi connectivity index (χ1n) is 8.92. The minimum absolute atomic E-state index is 0.267. The van der Waals surface area contributed by atoms with Crippen LogP contribution in [-0.4, -0.2) is 13.3 Å². The molecule has 3 rings (SSSR count). The zero-order valence-corrected chi connectivity index (χ0v) is 19.0. The fraction of sp³-hybridized carbons (Fsp3) is 0.136. The van der Waals surface area contributed by atoms with Gasteiger partial charge in [-0.05, 0) is 35.9 Å². The van der Waals surface area contributed by atoms with Crippen LogP contribution in [-0.2, 0) is 13.2 Å². The Morgan fingerprint density at radius 2 is 1.60 bits per heavy atom. The van der Waals surface area contributed by atoms with E-state index in [4.69, 9.17) is 55.9 Å². The number of hydrogen-bond acceptors (Lipinski definition) is 4. The molecule has 8 heteroatoms. The Labute approximate surface area is 195 Å². The second-order valence-corrected chi connectivity index (χ2v) is 7.84. The van der Waals surface area contributed by atoms with Crippen LogP contribution in [0.4, 0.5) is 0 Å². The Morgan fingerprint density at radius 1 is 0.900 bits per heavy atom. The summed E-state index contributed by atoms with van der Waals surface area (Å²) in [4.78, 5) is 0. The van der Waals surface area contributed by atoms with E-state index in [0.717, 1.165) is 16.7 Å². The normalized spacial score (nSPS) is 11.0. The van der Waals surface area contributed by atoms with E-state index in [1.807, 2.05) is 24.3 Å². The standard InChI is InChI=1S/C22H18Cl4N2O2/c1-29-21-10-14(11-27-28-12-16-18(24)7-4-8-19(16)25)9-20(26)22(21)30-13-15-5-2-3-6-17(15)23/h2-11,28H,12-13H2,1H3/b27-11+. The van der Waals surface area contributed by atoms with Gasteiger partial charge >= 0.3 is 0 Å². The summed E-state index contributed by atoms with van der Waals surface area (Å²) in [6, 6.07) is 16.3. The maximum absolute atomic E-state index is 6.41. The van der Waals surface area contributed by atoms with Crippen molar-refractivity contribution in [2.24, 2.45) is 5.10 Å². The van der Waals surface area contributed by atoms with E-state index in [1.54, 1.807) is 43.7 Å². The van der Waals surface area contributed by atoms with Crippen LogP contribution in [0.15, 0.2) is 59.7 Å². The predicted octanol–water partition coefficient (Wildman–Crippen LogP) is 7.01. The van der Waals surface area contributed by atoms with Crippen LogP contribution < -0.4 is 14.9 Å². The van der Waals surface area contributed by atoms with Gasteiger partial charge in [0.15, 0.2) is 11.5 Å². The fourth-order valence-electron chi connectivity index (χ4n) is 2.67. The Balaban J connectivity index is 1.68. The van der Waals surface area contributed by atoms with Crippen LogP contribution in [0.25, 0.3) is 0 Å². The highest BCUT2D eigenvalue weighted by Gasteiger charge is 2.13. The molecule has 0 aromatic heterocycles. The molecule has 0 saturated carbocycles. The van der Waals surface area contributed by atoms with Crippen LogP contribution in [0, 0.1) is 0 Å². The molecule has 0 bridgehead atoms. The number of nitrogens with one attached hydrogen (secondary N) is 1. The van der Waals surface area contributed by atoms with E-state index in [1.165, 1.54) is 0 Å². The highest BCUT2D eigenvalue weighted by Crippen LogP contribution is 2.37. The number of halogens is 4. The van der Waals surface area contributed by atoms with Gasteiger partial charge in [-0.1, -0.05) is 70.7 Å². The van der Waals surface area contributed by atoms with Gasteiger partial charge in [-0.25, -0.2) is 0 Å². The van der Waals surface area contributed by atoms with Crippen molar-refractivity contribution < 1.29 is 9.47 Å². The van der Waals surface area contributed by atoms with Gasteiger partial charge < -0.3 is 14.9 Å². The van der Waals surface area contributed by atoms with Gasteiger partial charge in [0.2, 0.25) is 0 Å². The molecule has 0 saturated heterocycles. The van der Waals surface area contributed by atoms with E-state index >= 15 is 0 Å². The summed E-state index contributed by atoms with van der Waals surface area (Å²) in [5.41, 5.74) is 5.29. The average molecular weight is 484 g/mol. The van der Waals surface area contributed by atoms with E-state index in [-0.39, 0.29) is 6.61 Å². The third-order valence-electron chi connectivity index (χ3n) is 4.20. The highest BCUT2D eigenvalue weighted by atomic mass is 35.5. The van der Waals surface area contributed by atoms with Gasteiger partial charge in [0, 0.05) is 26.2 Å². The van der Waals surface area contributed by atoms with Crippen molar-refractivity contribution in [2.45, 2.75) is 13.2 Å². The molecular formula is C22H18Cl4N2O2. The number of methoxy groups -OCH3 is 1. The maximum Gasteiger partial charge on any atom is 0.180 e. The Morgan fingerprint density at radius 3 is 2.30 bits per heavy atom. The molecule has 1 N–H and O–H groups in total. The van der Waals surface area contributed by atoms with Gasteiger partial charge in [-0.3, -0.25) is 0 Å². The van der Waals surface area contributed by atoms with Crippen molar-refractivity contribution >= 4 is 52.6 Å². The van der Waals surface area contributed by atoms with Gasteiger partial charge in [-0.15, -0.1) is 0 Å². The molecular weight excluding hydrogens is 466 g/mol. The molecule has 0 heterocycles. The first-order chi connectivity index (χ1) is 14.5. The zero-order valence-electron chi connectivity index (χ0n) is 16.0. The Bertz CT molecular complexity index is 1040. The number of nitrogens with zero attached hydrogens (tertiary/aromatic N) is 1. The number of ether oxygens (including phenoxy) is 2. The van der Waals surface area contributed by atoms with E-state index in [0.29, 0.717) is 38.1 Å². The zero-order chi connectivity index (χ0) is 21.5. The summed E-state index contributed by atoms with van der Waals surface area (Å²) in [5.74, 6) is 0.928. The molecule has 0 amide bonds. The summed E-state index contributed by atoms with van der Waals surface area (Å²) >= 11 is 24.9. The van der Waals surface area contributed by atoms with Crippen LogP contribution in [0.5, 0.6) is 11.5 Å². The average Bonchev–Trinajstić information content (AvgIpc) is 2.73. The van der Waals surface area contributed by atoms with Gasteiger partial charge in [-0.2, -0.15) is 5.10 Å². The molecule has 30 heavy (non-hydrogen) atoms. The predicted molar refractivity (Wildman–Crippen MR) is 125 cm³/mol. The minimum atomic E-state index is 0.267. The van der Waals surface area contributed by atoms with Crippen LogP contribution in [0.1, 0.15) is 16.7 Å². The molecule has 156 valence electrons. The largest absolute Gasteiger partial charge is 0.493 e. The Kier molecular flexibility index (Phi) is 8.11. The van der Waals surface area contributed by atoms with E-state index in [9.17, 15) is 0 Å². The van der Waals surface area contributed by atoms with Crippen molar-refractivity contribution in [3.63, 3.8) is 0 Å². The molecule has 0 aliphatic rings. The number of hydrazone groups is 1. The molecule has 0 spiro atoms. The molecule has 4 nitrogen and oxygen atoms in total. The Hall–Kier alpha value is -2.11. The summed E-state index contributed by atoms with van der Waals surface area (Å²) in [6.45, 7) is 0.655. The molecule has 0 radical (unpaired) electrons. The second kappa shape index (κ2) is 10.8. The number of hydrogen-bond donors (Lipinski definition) is 1. The second-order valence-electron chi connectivity index (χ2n) is 6.21. The minimum Gasteiger partial charge on any atom is -0.493 e. The van der Waals surface area contributed by atoms with Crippen molar-refractivity contribution in [1.29, 1.82) is 0 Å². The van der Waals surface area contributed by atoms with Crippen LogP contribution in [0.2, 0.25) is 20.1 Å². The molecule has 0 fully saturated rings. The molecule has 3 aromatic carbocycles. The molecule has 3 aromatic rings. The number of rotatable bonds is 8. The fourth-order valence-corrected chi connectivity index (χ4v) is 3.66. The van der Waals surface area contributed by atoms with E-state index in [2.05, 4.69) is 10.5 Å². The smallest absolute Gasteiger partial charge is 0.180 e. The first-order valence-corrected chi connectivity index (χ1v) is 10.4. The first kappa shape index (κ1) is 22.6. The SMILES string of the molecule is COc1cc(/C=N/NCc2c(Cl)cccc2Cl)cc(Cl)c1OCc1ccccc1Cl. The molecule has 0 atom stereocenters. The third kappa shape index (κ3) is 5.73. The van der Waals surface area contributed by atoms with Crippen molar-refractivity contribution in [2.75, 3.05) is 7.11 Å². The summed E-state index contributed by atoms with van der Waals surface area (Å²) < 4.78 is 11.3. The van der Waals surface area contributed by atoms with Crippen molar-refractivity contribution in [3.05, 3.63) is 91.4 Å². The third-order valence-corrected chi connectivity index (χ3v) is 5.56. The highest BCUT2D eigenvalue weighted by molar-refractivity contribution is 6.36. The molecule has 0 aliphatic carbocycles. The monoisotopic (exact) mass is 482 g/mol. The quantitative estimate of drug-likeness (QED) is 0.276. The summed E-state index contributed by atoms with van der Waals surface area (Å²) in [5, 5.41) is 6.39. The lowest BCUT2D eigenvalue weighted by Gasteiger charge is -2.14. The molecule has 0 aliphatic heterocycles. The molecule has 0 unspecified atom stereocenters. The lowest BCUT2D eigenvalue weighted by molar-refractivity contribution is 0.285. The van der Waals surface area contributed by atoms with Crippen molar-refractivity contribution in [1.82, 2.24) is 5.43 Å². The number of benzene rings is 3. The lowest BCUT2D eigenvalue weighted by Crippen LogP contribution is -2.07. The van der Waals surface area contributed by atoms with Crippen molar-refractivity contribution in [3.8, 4) is 11.5 Å². The van der Waals surface area contributed by atoms with Crippen LogP contribution in [0.3, 0.4) is 0 Å².